The van der Waals surface area contributed by atoms with Crippen molar-refractivity contribution in [3.8, 4) is 0 Å². The highest BCUT2D eigenvalue weighted by Crippen LogP contribution is 2.40. The van der Waals surface area contributed by atoms with Crippen LogP contribution in [-0.4, -0.2) is 22.5 Å². The number of aromatic amines is 1. The van der Waals surface area contributed by atoms with E-state index in [1.807, 2.05) is 48.5 Å². The number of hydrogen-bond acceptors (Lipinski definition) is 6. The van der Waals surface area contributed by atoms with Gasteiger partial charge in [0.2, 0.25) is 0 Å². The summed E-state index contributed by atoms with van der Waals surface area (Å²) in [5, 5.41) is 4.28. The average molecular weight is 547 g/mol. The summed E-state index contributed by atoms with van der Waals surface area (Å²) >= 11 is 11.1. The Bertz CT molecular complexity index is 1310. The topological polar surface area (TPSA) is 84.1 Å². The Kier molecular flexibility index (Phi) is 7.26. The summed E-state index contributed by atoms with van der Waals surface area (Å²) in [6, 6.07) is 15.1. The lowest BCUT2D eigenvalue weighted by Crippen LogP contribution is -2.31. The first kappa shape index (κ1) is 23.6. The van der Waals surface area contributed by atoms with Crippen LogP contribution in [0.25, 0.3) is 0 Å². The molecular formula is C24H21BrClN3O3S. The Morgan fingerprint density at radius 1 is 1.24 bits per heavy atom. The number of ether oxygens (including phenoxy) is 1. The smallest absolute Gasteiger partial charge is 0.336 e. The molecule has 2 aromatic carbocycles. The second kappa shape index (κ2) is 10.2. The Balaban J connectivity index is 1.77. The van der Waals surface area contributed by atoms with Crippen LogP contribution in [0.4, 0.5) is 5.82 Å². The standard InChI is InChI=1S/C24H21BrClN3O3S/c1-3-32-23(31)18-13(2)27-21-20(19(18)14-8-6-9-16(25)11-14)22(30)29-24(28-21)33-12-15-7-4-5-10-17(15)26/h4-11,19H,3,12H2,1-2H3,(H2,27,28,29,30). The second-order valence-electron chi connectivity index (χ2n) is 7.39. The van der Waals surface area contributed by atoms with E-state index >= 15 is 0 Å². The van der Waals surface area contributed by atoms with Gasteiger partial charge in [0.25, 0.3) is 5.56 Å². The number of thioether (sulfide) groups is 1. The lowest BCUT2D eigenvalue weighted by atomic mass is 9.82. The SMILES string of the molecule is CCOC(=O)C1=C(C)Nc2nc(SCc3ccccc3Cl)[nH]c(=O)c2C1c1cccc(Br)c1. The molecule has 1 aromatic heterocycles. The van der Waals surface area contributed by atoms with E-state index in [-0.39, 0.29) is 12.2 Å². The van der Waals surface area contributed by atoms with Gasteiger partial charge in [0.15, 0.2) is 5.16 Å². The van der Waals surface area contributed by atoms with Gasteiger partial charge in [-0.15, -0.1) is 0 Å². The predicted molar refractivity (Wildman–Crippen MR) is 135 cm³/mol. The van der Waals surface area contributed by atoms with Crippen LogP contribution in [0.15, 0.2) is 74.2 Å². The molecule has 0 fully saturated rings. The zero-order chi connectivity index (χ0) is 23.5. The zero-order valence-electron chi connectivity index (χ0n) is 17.9. The number of nitrogens with one attached hydrogen (secondary N) is 2. The largest absolute Gasteiger partial charge is 0.463 e. The van der Waals surface area contributed by atoms with Crippen LogP contribution < -0.4 is 10.9 Å². The van der Waals surface area contributed by atoms with Crippen molar-refractivity contribution >= 4 is 51.1 Å². The van der Waals surface area contributed by atoms with Crippen molar-refractivity contribution in [1.82, 2.24) is 9.97 Å². The number of nitrogens with zero attached hydrogens (tertiary/aromatic N) is 1. The number of anilines is 1. The number of allylic oxidation sites excluding steroid dienone is 1. The minimum atomic E-state index is -0.614. The number of benzene rings is 2. The molecule has 0 saturated carbocycles. The summed E-state index contributed by atoms with van der Waals surface area (Å²) in [5.74, 6) is -0.0957. The van der Waals surface area contributed by atoms with E-state index < -0.39 is 11.9 Å². The van der Waals surface area contributed by atoms with Gasteiger partial charge in [-0.05, 0) is 43.2 Å². The van der Waals surface area contributed by atoms with Crippen molar-refractivity contribution in [1.29, 1.82) is 0 Å². The van der Waals surface area contributed by atoms with Gasteiger partial charge in [-0.1, -0.05) is 69.6 Å². The van der Waals surface area contributed by atoms with Gasteiger partial charge in [-0.2, -0.15) is 0 Å². The lowest BCUT2D eigenvalue weighted by Gasteiger charge is -2.29. The Morgan fingerprint density at radius 3 is 2.76 bits per heavy atom. The molecule has 0 aliphatic carbocycles. The first-order chi connectivity index (χ1) is 15.9. The van der Waals surface area contributed by atoms with E-state index in [1.54, 1.807) is 13.8 Å². The van der Waals surface area contributed by atoms with Gasteiger partial charge in [0, 0.05) is 20.9 Å². The molecule has 2 N–H and O–H groups in total. The van der Waals surface area contributed by atoms with E-state index in [9.17, 15) is 9.59 Å². The van der Waals surface area contributed by atoms with Crippen molar-refractivity contribution in [3.63, 3.8) is 0 Å². The Labute approximate surface area is 208 Å². The van der Waals surface area contributed by atoms with Crippen LogP contribution >= 0.6 is 39.3 Å². The number of H-pyrrole nitrogens is 1. The van der Waals surface area contributed by atoms with Crippen molar-refractivity contribution in [3.05, 3.63) is 96.3 Å². The van der Waals surface area contributed by atoms with Gasteiger partial charge >= 0.3 is 5.97 Å². The monoisotopic (exact) mass is 545 g/mol. The van der Waals surface area contributed by atoms with Crippen LogP contribution in [0.2, 0.25) is 5.02 Å². The fourth-order valence-corrected chi connectivity index (χ4v) is 5.32. The average Bonchev–Trinajstić information content (AvgIpc) is 2.77. The van der Waals surface area contributed by atoms with Crippen molar-refractivity contribution < 1.29 is 9.53 Å². The number of esters is 1. The molecular weight excluding hydrogens is 526 g/mol. The molecule has 33 heavy (non-hydrogen) atoms. The van der Waals surface area contributed by atoms with Gasteiger partial charge < -0.3 is 15.0 Å². The molecule has 1 aliphatic heterocycles. The second-order valence-corrected chi connectivity index (χ2v) is 9.67. The summed E-state index contributed by atoms with van der Waals surface area (Å²) in [4.78, 5) is 33.7. The number of carbonyl (C=O) groups excluding carboxylic acids is 1. The van der Waals surface area contributed by atoms with E-state index in [0.29, 0.717) is 38.6 Å². The molecule has 1 atom stereocenters. The van der Waals surface area contributed by atoms with Gasteiger partial charge in [-0.25, -0.2) is 9.78 Å². The highest BCUT2D eigenvalue weighted by Gasteiger charge is 2.36. The zero-order valence-corrected chi connectivity index (χ0v) is 21.1. The highest BCUT2D eigenvalue weighted by atomic mass is 79.9. The molecule has 1 unspecified atom stereocenters. The van der Waals surface area contributed by atoms with Crippen LogP contribution in [0.1, 0.15) is 36.5 Å². The highest BCUT2D eigenvalue weighted by molar-refractivity contribution is 9.10. The summed E-state index contributed by atoms with van der Waals surface area (Å²) in [6.07, 6.45) is 0. The quantitative estimate of drug-likeness (QED) is 0.228. The van der Waals surface area contributed by atoms with Gasteiger partial charge in [0.1, 0.15) is 5.82 Å². The third kappa shape index (κ3) is 5.03. The van der Waals surface area contributed by atoms with Crippen LogP contribution in [0.5, 0.6) is 0 Å². The number of carbonyl (C=O) groups is 1. The van der Waals surface area contributed by atoms with Gasteiger partial charge in [0.05, 0.1) is 23.7 Å². The van der Waals surface area contributed by atoms with Crippen LogP contribution in [0, 0.1) is 0 Å². The normalized spacial score (nSPS) is 15.1. The van der Waals surface area contributed by atoms with Crippen LogP contribution in [0.3, 0.4) is 0 Å². The number of hydrogen-bond donors (Lipinski definition) is 2. The van der Waals surface area contributed by atoms with Crippen LogP contribution in [-0.2, 0) is 15.3 Å². The first-order valence-electron chi connectivity index (χ1n) is 10.3. The minimum Gasteiger partial charge on any atom is -0.463 e. The summed E-state index contributed by atoms with van der Waals surface area (Å²) in [5.41, 5.74) is 2.80. The maximum atomic E-state index is 13.3. The molecule has 0 spiro atoms. The Hall–Kier alpha value is -2.55. The molecule has 2 heterocycles. The maximum Gasteiger partial charge on any atom is 0.336 e. The minimum absolute atomic E-state index is 0.236. The van der Waals surface area contributed by atoms with E-state index in [0.717, 1.165) is 15.6 Å². The summed E-state index contributed by atoms with van der Waals surface area (Å²) in [7, 11) is 0. The number of aromatic nitrogens is 2. The van der Waals surface area contributed by atoms with Crippen molar-refractivity contribution in [2.24, 2.45) is 0 Å². The molecule has 0 amide bonds. The third-order valence-electron chi connectivity index (χ3n) is 5.22. The fraction of sp³-hybridized carbons (Fsp3) is 0.208. The van der Waals surface area contributed by atoms with Gasteiger partial charge in [-0.3, -0.25) is 4.79 Å². The molecule has 6 nitrogen and oxygen atoms in total. The van der Waals surface area contributed by atoms with E-state index in [2.05, 4.69) is 31.2 Å². The molecule has 170 valence electrons. The predicted octanol–water partition coefficient (Wildman–Crippen LogP) is 5.87. The lowest BCUT2D eigenvalue weighted by molar-refractivity contribution is -0.138. The fourth-order valence-electron chi connectivity index (χ4n) is 3.76. The molecule has 0 radical (unpaired) electrons. The van der Waals surface area contributed by atoms with E-state index in [1.165, 1.54) is 11.8 Å². The third-order valence-corrected chi connectivity index (χ3v) is 7.00. The van der Waals surface area contributed by atoms with Crippen molar-refractivity contribution in [2.75, 3.05) is 11.9 Å². The molecule has 3 aromatic rings. The molecule has 0 saturated heterocycles. The molecule has 0 bridgehead atoms. The molecule has 1 aliphatic rings. The Morgan fingerprint density at radius 2 is 2.03 bits per heavy atom. The number of halogens is 2. The number of rotatable bonds is 6. The first-order valence-corrected chi connectivity index (χ1v) is 12.5. The van der Waals surface area contributed by atoms with Crippen molar-refractivity contribution in [2.45, 2.75) is 30.7 Å². The maximum absolute atomic E-state index is 13.3. The van der Waals surface area contributed by atoms with E-state index in [4.69, 9.17) is 16.3 Å². The molecule has 9 heteroatoms. The number of fused-ring (bicyclic) bond motifs is 1. The molecule has 4 rings (SSSR count). The summed E-state index contributed by atoms with van der Waals surface area (Å²) < 4.78 is 6.16. The summed E-state index contributed by atoms with van der Waals surface area (Å²) in [6.45, 7) is 3.78.